The zero-order chi connectivity index (χ0) is 13.2. The van der Waals surface area contributed by atoms with E-state index in [1.807, 2.05) is 19.1 Å². The molecule has 0 bridgehead atoms. The lowest BCUT2D eigenvalue weighted by molar-refractivity contribution is 0.0904. The largest absolute Gasteiger partial charge is 0.365 e. The number of carbonyl (C=O) groups excluding carboxylic acids is 1. The summed E-state index contributed by atoms with van der Waals surface area (Å²) in [7, 11) is 0. The second-order valence-electron chi connectivity index (χ2n) is 5.19. The number of hydrogen-bond donors (Lipinski definition) is 2. The van der Waals surface area contributed by atoms with Gasteiger partial charge in [0.1, 0.15) is 0 Å². The minimum atomic E-state index is 0.0318. The molecule has 0 unspecified atom stereocenters. The van der Waals surface area contributed by atoms with Crippen LogP contribution >= 0.6 is 0 Å². The first-order valence-electron chi connectivity index (χ1n) is 6.75. The molecule has 98 valence electrons. The standard InChI is InChI=1S/C16H18N2O/c1-11-13(9-10-17-11)16(19)18-15-8-7-14(15)12-5-3-2-4-6-12/h2-6,9-10,14-15,17H,7-8H2,1H3,(H,18,19)/t14-,15+/m0/s1. The van der Waals surface area contributed by atoms with Gasteiger partial charge in [-0.2, -0.15) is 0 Å². The predicted molar refractivity (Wildman–Crippen MR) is 75.2 cm³/mol. The molecule has 2 N–H and O–H groups in total. The molecule has 0 aliphatic heterocycles. The SMILES string of the molecule is Cc1[nH]ccc1C(=O)N[C@@H]1CC[C@H]1c1ccccc1. The van der Waals surface area contributed by atoms with Gasteiger partial charge in [0.15, 0.2) is 0 Å². The fourth-order valence-corrected chi connectivity index (χ4v) is 2.72. The molecule has 3 nitrogen and oxygen atoms in total. The summed E-state index contributed by atoms with van der Waals surface area (Å²) in [6.45, 7) is 1.92. The van der Waals surface area contributed by atoms with E-state index in [2.05, 4.69) is 34.6 Å². The van der Waals surface area contributed by atoms with Gasteiger partial charge in [-0.25, -0.2) is 0 Å². The number of aryl methyl sites for hydroxylation is 1. The Hall–Kier alpha value is -2.03. The summed E-state index contributed by atoms with van der Waals surface area (Å²) in [6, 6.07) is 12.5. The topological polar surface area (TPSA) is 44.9 Å². The Morgan fingerprint density at radius 3 is 2.58 bits per heavy atom. The maximum absolute atomic E-state index is 12.2. The summed E-state index contributed by atoms with van der Waals surface area (Å²) in [4.78, 5) is 15.2. The zero-order valence-corrected chi connectivity index (χ0v) is 11.0. The van der Waals surface area contributed by atoms with Gasteiger partial charge in [-0.15, -0.1) is 0 Å². The van der Waals surface area contributed by atoms with Crippen LogP contribution in [0.25, 0.3) is 0 Å². The number of benzene rings is 1. The number of aromatic nitrogens is 1. The highest BCUT2D eigenvalue weighted by Crippen LogP contribution is 2.36. The molecule has 3 heteroatoms. The minimum absolute atomic E-state index is 0.0318. The lowest BCUT2D eigenvalue weighted by Crippen LogP contribution is -2.45. The number of carbonyl (C=O) groups is 1. The quantitative estimate of drug-likeness (QED) is 0.869. The highest BCUT2D eigenvalue weighted by molar-refractivity contribution is 5.95. The number of rotatable bonds is 3. The lowest BCUT2D eigenvalue weighted by atomic mass is 9.75. The van der Waals surface area contributed by atoms with Crippen LogP contribution in [0.1, 0.15) is 40.4 Å². The molecule has 1 aliphatic carbocycles. The van der Waals surface area contributed by atoms with Crippen LogP contribution in [0.15, 0.2) is 42.6 Å². The zero-order valence-electron chi connectivity index (χ0n) is 11.0. The van der Waals surface area contributed by atoms with E-state index in [-0.39, 0.29) is 11.9 Å². The number of hydrogen-bond acceptors (Lipinski definition) is 1. The van der Waals surface area contributed by atoms with E-state index in [1.54, 1.807) is 6.20 Å². The number of nitrogens with one attached hydrogen (secondary N) is 2. The van der Waals surface area contributed by atoms with Crippen LogP contribution in [0.3, 0.4) is 0 Å². The molecule has 1 heterocycles. The van der Waals surface area contributed by atoms with Gasteiger partial charge in [-0.1, -0.05) is 30.3 Å². The van der Waals surface area contributed by atoms with E-state index in [1.165, 1.54) is 5.56 Å². The van der Waals surface area contributed by atoms with Crippen LogP contribution in [0, 0.1) is 6.92 Å². The third-order valence-corrected chi connectivity index (χ3v) is 4.02. The molecule has 1 aliphatic rings. The van der Waals surface area contributed by atoms with Crippen molar-refractivity contribution in [1.82, 2.24) is 10.3 Å². The maximum Gasteiger partial charge on any atom is 0.253 e. The van der Waals surface area contributed by atoms with E-state index >= 15 is 0 Å². The lowest BCUT2D eigenvalue weighted by Gasteiger charge is -2.37. The molecule has 1 aromatic carbocycles. The molecular weight excluding hydrogens is 236 g/mol. The minimum Gasteiger partial charge on any atom is -0.365 e. The molecule has 1 amide bonds. The van der Waals surface area contributed by atoms with Crippen LogP contribution in [0.2, 0.25) is 0 Å². The summed E-state index contributed by atoms with van der Waals surface area (Å²) in [6.07, 6.45) is 4.02. The van der Waals surface area contributed by atoms with E-state index in [0.717, 1.165) is 24.1 Å². The van der Waals surface area contributed by atoms with Gasteiger partial charge in [0, 0.05) is 23.9 Å². The normalized spacial score (nSPS) is 21.7. The van der Waals surface area contributed by atoms with Crippen LogP contribution < -0.4 is 5.32 Å². The van der Waals surface area contributed by atoms with Crippen LogP contribution in [0.5, 0.6) is 0 Å². The molecule has 3 rings (SSSR count). The van der Waals surface area contributed by atoms with Crippen molar-refractivity contribution in [3.8, 4) is 0 Å². The first kappa shape index (κ1) is 12.0. The van der Waals surface area contributed by atoms with Crippen molar-refractivity contribution in [2.45, 2.75) is 31.7 Å². The average molecular weight is 254 g/mol. The van der Waals surface area contributed by atoms with Gasteiger partial charge in [0.25, 0.3) is 5.91 Å². The molecule has 2 aromatic rings. The van der Waals surface area contributed by atoms with Crippen molar-refractivity contribution >= 4 is 5.91 Å². The van der Waals surface area contributed by atoms with Gasteiger partial charge >= 0.3 is 0 Å². The van der Waals surface area contributed by atoms with Gasteiger partial charge < -0.3 is 10.3 Å². The third-order valence-electron chi connectivity index (χ3n) is 4.02. The van der Waals surface area contributed by atoms with Crippen molar-refractivity contribution in [3.63, 3.8) is 0 Å². The van der Waals surface area contributed by atoms with Crippen LogP contribution in [-0.2, 0) is 0 Å². The van der Waals surface area contributed by atoms with Crippen molar-refractivity contribution in [2.75, 3.05) is 0 Å². The summed E-state index contributed by atoms with van der Waals surface area (Å²) in [5.41, 5.74) is 3.00. The summed E-state index contributed by atoms with van der Waals surface area (Å²) < 4.78 is 0. The second kappa shape index (κ2) is 4.92. The summed E-state index contributed by atoms with van der Waals surface area (Å²) in [5, 5.41) is 3.15. The predicted octanol–water partition coefficient (Wildman–Crippen LogP) is 3.00. The molecule has 2 atom stereocenters. The highest BCUT2D eigenvalue weighted by Gasteiger charge is 2.33. The monoisotopic (exact) mass is 254 g/mol. The van der Waals surface area contributed by atoms with E-state index in [4.69, 9.17) is 0 Å². The fraction of sp³-hybridized carbons (Fsp3) is 0.312. The average Bonchev–Trinajstić information content (AvgIpc) is 2.82. The van der Waals surface area contributed by atoms with E-state index in [0.29, 0.717) is 5.92 Å². The first-order valence-corrected chi connectivity index (χ1v) is 6.75. The Labute approximate surface area is 113 Å². The molecule has 0 spiro atoms. The Balaban J connectivity index is 1.68. The van der Waals surface area contributed by atoms with Gasteiger partial charge in [-0.3, -0.25) is 4.79 Å². The molecule has 1 aromatic heterocycles. The summed E-state index contributed by atoms with van der Waals surface area (Å²) >= 11 is 0. The molecule has 0 saturated heterocycles. The van der Waals surface area contributed by atoms with E-state index in [9.17, 15) is 4.79 Å². The summed E-state index contributed by atoms with van der Waals surface area (Å²) in [5.74, 6) is 0.494. The molecule has 1 fully saturated rings. The Morgan fingerprint density at radius 1 is 1.21 bits per heavy atom. The van der Waals surface area contributed by atoms with Crippen molar-refractivity contribution in [3.05, 3.63) is 59.4 Å². The molecule has 0 radical (unpaired) electrons. The fourth-order valence-electron chi connectivity index (χ4n) is 2.72. The number of amides is 1. The van der Waals surface area contributed by atoms with E-state index < -0.39 is 0 Å². The number of H-pyrrole nitrogens is 1. The Bertz CT molecular complexity index is 573. The highest BCUT2D eigenvalue weighted by atomic mass is 16.1. The van der Waals surface area contributed by atoms with Crippen molar-refractivity contribution in [2.24, 2.45) is 0 Å². The second-order valence-corrected chi connectivity index (χ2v) is 5.19. The van der Waals surface area contributed by atoms with Crippen LogP contribution in [-0.4, -0.2) is 16.9 Å². The van der Waals surface area contributed by atoms with Gasteiger partial charge in [-0.05, 0) is 31.4 Å². The van der Waals surface area contributed by atoms with Gasteiger partial charge in [0.2, 0.25) is 0 Å². The first-order chi connectivity index (χ1) is 9.25. The maximum atomic E-state index is 12.2. The van der Waals surface area contributed by atoms with Gasteiger partial charge in [0.05, 0.1) is 5.56 Å². The Kier molecular flexibility index (Phi) is 3.11. The molecular formula is C16H18N2O. The Morgan fingerprint density at radius 2 is 2.00 bits per heavy atom. The molecule has 19 heavy (non-hydrogen) atoms. The van der Waals surface area contributed by atoms with Crippen molar-refractivity contribution in [1.29, 1.82) is 0 Å². The third kappa shape index (κ3) is 2.28. The molecule has 1 saturated carbocycles. The van der Waals surface area contributed by atoms with Crippen molar-refractivity contribution < 1.29 is 4.79 Å². The number of aromatic amines is 1. The van der Waals surface area contributed by atoms with Crippen LogP contribution in [0.4, 0.5) is 0 Å². The smallest absolute Gasteiger partial charge is 0.253 e.